The Morgan fingerprint density at radius 1 is 1.65 bits per heavy atom. The smallest absolute Gasteiger partial charge is 0.242 e. The van der Waals surface area contributed by atoms with Crippen molar-refractivity contribution in [3.63, 3.8) is 0 Å². The van der Waals surface area contributed by atoms with Crippen LogP contribution in [0.5, 0.6) is 0 Å². The number of aromatic amines is 1. The summed E-state index contributed by atoms with van der Waals surface area (Å²) in [6, 6.07) is -0.193. The van der Waals surface area contributed by atoms with Gasteiger partial charge in [0.15, 0.2) is 0 Å². The zero-order valence-electron chi connectivity index (χ0n) is 9.71. The third-order valence-corrected chi connectivity index (χ3v) is 2.29. The molecule has 0 radical (unpaired) electrons. The lowest BCUT2D eigenvalue weighted by atomic mass is 10.3. The lowest BCUT2D eigenvalue weighted by Crippen LogP contribution is -2.30. The van der Waals surface area contributed by atoms with Crippen molar-refractivity contribution in [1.82, 2.24) is 30.3 Å². The van der Waals surface area contributed by atoms with Crippen molar-refractivity contribution in [2.75, 3.05) is 0 Å². The summed E-state index contributed by atoms with van der Waals surface area (Å²) in [6.07, 6.45) is 4.95. The van der Waals surface area contributed by atoms with E-state index in [1.54, 1.807) is 10.9 Å². The quantitative estimate of drug-likeness (QED) is 0.790. The standard InChI is InChI=1S/C10H14N6O/c1-7-3-13-16(4-7)5-9(17)14-8(2)10-11-6-12-15-10/h3-4,6,8H,5H2,1-2H3,(H,14,17)(H,11,12,15). The summed E-state index contributed by atoms with van der Waals surface area (Å²) in [5.41, 5.74) is 1.03. The Morgan fingerprint density at radius 2 is 2.47 bits per heavy atom. The van der Waals surface area contributed by atoms with Crippen molar-refractivity contribution in [3.05, 3.63) is 30.1 Å². The van der Waals surface area contributed by atoms with Crippen LogP contribution >= 0.6 is 0 Å². The predicted octanol–water partition coefficient (Wildman–Crippen LogP) is 0.187. The maximum absolute atomic E-state index is 11.7. The van der Waals surface area contributed by atoms with Crippen LogP contribution in [0.4, 0.5) is 0 Å². The lowest BCUT2D eigenvalue weighted by Gasteiger charge is -2.10. The van der Waals surface area contributed by atoms with Gasteiger partial charge in [-0.2, -0.15) is 10.2 Å². The molecule has 7 nitrogen and oxygen atoms in total. The lowest BCUT2D eigenvalue weighted by molar-refractivity contribution is -0.122. The van der Waals surface area contributed by atoms with E-state index in [1.165, 1.54) is 6.33 Å². The van der Waals surface area contributed by atoms with Crippen LogP contribution in [0, 0.1) is 6.92 Å². The fourth-order valence-corrected chi connectivity index (χ4v) is 1.48. The molecule has 1 amide bonds. The normalized spacial score (nSPS) is 12.4. The molecule has 1 atom stereocenters. The van der Waals surface area contributed by atoms with Gasteiger partial charge in [-0.1, -0.05) is 0 Å². The molecule has 7 heteroatoms. The number of hydrogen-bond donors (Lipinski definition) is 2. The number of hydrogen-bond acceptors (Lipinski definition) is 4. The van der Waals surface area contributed by atoms with Gasteiger partial charge >= 0.3 is 0 Å². The van der Waals surface area contributed by atoms with Crippen LogP contribution in [-0.2, 0) is 11.3 Å². The van der Waals surface area contributed by atoms with Crippen molar-refractivity contribution in [2.45, 2.75) is 26.4 Å². The number of amides is 1. The Balaban J connectivity index is 1.89. The molecule has 0 aliphatic carbocycles. The van der Waals surface area contributed by atoms with Crippen molar-refractivity contribution in [2.24, 2.45) is 0 Å². The average molecular weight is 234 g/mol. The summed E-state index contributed by atoms with van der Waals surface area (Å²) in [7, 11) is 0. The minimum absolute atomic E-state index is 0.114. The minimum Gasteiger partial charge on any atom is -0.345 e. The van der Waals surface area contributed by atoms with Gasteiger partial charge < -0.3 is 5.32 Å². The van der Waals surface area contributed by atoms with E-state index in [9.17, 15) is 4.79 Å². The van der Waals surface area contributed by atoms with Crippen LogP contribution in [0.25, 0.3) is 0 Å². The van der Waals surface area contributed by atoms with Gasteiger partial charge in [-0.15, -0.1) is 0 Å². The fourth-order valence-electron chi connectivity index (χ4n) is 1.48. The SMILES string of the molecule is Cc1cnn(CC(=O)NC(C)c2ncn[nH]2)c1. The second kappa shape index (κ2) is 4.77. The van der Waals surface area contributed by atoms with Gasteiger partial charge in [0.1, 0.15) is 18.7 Å². The molecule has 0 spiro atoms. The Labute approximate surface area is 98.2 Å². The van der Waals surface area contributed by atoms with E-state index in [0.717, 1.165) is 5.56 Å². The molecule has 0 bridgehead atoms. The van der Waals surface area contributed by atoms with Crippen molar-refractivity contribution in [3.8, 4) is 0 Å². The minimum atomic E-state index is -0.193. The molecule has 2 heterocycles. The van der Waals surface area contributed by atoms with E-state index in [4.69, 9.17) is 0 Å². The molecule has 2 aromatic heterocycles. The Kier molecular flexibility index (Phi) is 3.17. The molecule has 2 N–H and O–H groups in total. The Morgan fingerprint density at radius 3 is 3.06 bits per heavy atom. The molecule has 1 unspecified atom stereocenters. The van der Waals surface area contributed by atoms with Gasteiger partial charge in [0.2, 0.25) is 5.91 Å². The zero-order valence-corrected chi connectivity index (χ0v) is 9.71. The third kappa shape index (κ3) is 2.90. The summed E-state index contributed by atoms with van der Waals surface area (Å²) in [6.45, 7) is 3.97. The van der Waals surface area contributed by atoms with E-state index < -0.39 is 0 Å². The molecular formula is C10H14N6O. The van der Waals surface area contributed by atoms with Gasteiger partial charge in [-0.3, -0.25) is 14.6 Å². The number of aryl methyl sites for hydroxylation is 1. The van der Waals surface area contributed by atoms with Crippen LogP contribution < -0.4 is 5.32 Å². The third-order valence-electron chi connectivity index (χ3n) is 2.29. The van der Waals surface area contributed by atoms with Gasteiger partial charge in [0.25, 0.3) is 0 Å². The van der Waals surface area contributed by atoms with E-state index in [0.29, 0.717) is 5.82 Å². The molecule has 0 aromatic carbocycles. The van der Waals surface area contributed by atoms with Crippen molar-refractivity contribution in [1.29, 1.82) is 0 Å². The van der Waals surface area contributed by atoms with Gasteiger partial charge in [0.05, 0.1) is 12.2 Å². The summed E-state index contributed by atoms with van der Waals surface area (Å²) in [4.78, 5) is 15.7. The van der Waals surface area contributed by atoms with Gasteiger partial charge in [-0.05, 0) is 19.4 Å². The highest BCUT2D eigenvalue weighted by Gasteiger charge is 2.12. The predicted molar refractivity (Wildman–Crippen MR) is 59.9 cm³/mol. The first-order valence-electron chi connectivity index (χ1n) is 5.29. The number of carbonyl (C=O) groups is 1. The molecule has 0 saturated heterocycles. The zero-order chi connectivity index (χ0) is 12.3. The average Bonchev–Trinajstić information content (AvgIpc) is 2.89. The van der Waals surface area contributed by atoms with Crippen LogP contribution in [0.15, 0.2) is 18.7 Å². The maximum atomic E-state index is 11.7. The second-order valence-electron chi connectivity index (χ2n) is 3.88. The summed E-state index contributed by atoms with van der Waals surface area (Å²) < 4.78 is 1.60. The monoisotopic (exact) mass is 234 g/mol. The van der Waals surface area contributed by atoms with Gasteiger partial charge in [-0.25, -0.2) is 4.98 Å². The summed E-state index contributed by atoms with van der Waals surface area (Å²) >= 11 is 0. The van der Waals surface area contributed by atoms with Crippen molar-refractivity contribution < 1.29 is 4.79 Å². The number of aromatic nitrogens is 5. The highest BCUT2D eigenvalue weighted by molar-refractivity contribution is 5.75. The number of H-pyrrole nitrogens is 1. The van der Waals surface area contributed by atoms with Crippen molar-refractivity contribution >= 4 is 5.91 Å². The Hall–Kier alpha value is -2.18. The molecule has 0 fully saturated rings. The van der Waals surface area contributed by atoms with Crippen LogP contribution in [0.2, 0.25) is 0 Å². The highest BCUT2D eigenvalue weighted by atomic mass is 16.2. The number of rotatable bonds is 4. The molecule has 0 aliphatic heterocycles. The number of nitrogens with zero attached hydrogens (tertiary/aromatic N) is 4. The van der Waals surface area contributed by atoms with E-state index in [-0.39, 0.29) is 18.5 Å². The second-order valence-corrected chi connectivity index (χ2v) is 3.88. The number of nitrogens with one attached hydrogen (secondary N) is 2. The Bertz CT molecular complexity index is 489. The molecule has 17 heavy (non-hydrogen) atoms. The van der Waals surface area contributed by atoms with Crippen LogP contribution in [0.1, 0.15) is 24.4 Å². The topological polar surface area (TPSA) is 88.5 Å². The van der Waals surface area contributed by atoms with Crippen LogP contribution in [-0.4, -0.2) is 30.9 Å². The van der Waals surface area contributed by atoms with E-state index in [1.807, 2.05) is 20.0 Å². The molecule has 90 valence electrons. The fraction of sp³-hybridized carbons (Fsp3) is 0.400. The largest absolute Gasteiger partial charge is 0.345 e. The summed E-state index contributed by atoms with van der Waals surface area (Å²) in [5.74, 6) is 0.520. The first-order chi connectivity index (χ1) is 8.15. The maximum Gasteiger partial charge on any atom is 0.242 e. The highest BCUT2D eigenvalue weighted by Crippen LogP contribution is 2.03. The van der Waals surface area contributed by atoms with E-state index >= 15 is 0 Å². The number of carbonyl (C=O) groups excluding carboxylic acids is 1. The van der Waals surface area contributed by atoms with Crippen LogP contribution in [0.3, 0.4) is 0 Å². The first-order valence-corrected chi connectivity index (χ1v) is 5.29. The van der Waals surface area contributed by atoms with Gasteiger partial charge in [0, 0.05) is 6.20 Å². The molecule has 2 rings (SSSR count). The van der Waals surface area contributed by atoms with E-state index in [2.05, 4.69) is 25.6 Å². The molecule has 0 aliphatic rings. The molecule has 0 saturated carbocycles. The summed E-state index contributed by atoms with van der Waals surface area (Å²) in [5, 5.41) is 13.3. The first kappa shape index (κ1) is 11.3. The molecular weight excluding hydrogens is 220 g/mol. The molecule has 2 aromatic rings.